The fourth-order valence-corrected chi connectivity index (χ4v) is 5.13. The molecular formula is C20H29N2O2P. The van der Waals surface area contributed by atoms with Crippen LogP contribution in [0, 0.1) is 13.8 Å². The Bertz CT molecular complexity index is 739. The predicted molar refractivity (Wildman–Crippen MR) is 110 cm³/mol. The van der Waals surface area contributed by atoms with Crippen LogP contribution in [-0.4, -0.2) is 34.8 Å². The van der Waals surface area contributed by atoms with Crippen LogP contribution in [-0.2, 0) is 9.09 Å². The van der Waals surface area contributed by atoms with Crippen molar-refractivity contribution in [1.29, 1.82) is 0 Å². The van der Waals surface area contributed by atoms with Crippen LogP contribution in [0.2, 0.25) is 0 Å². The fourth-order valence-electron chi connectivity index (χ4n) is 2.82. The first-order valence-electron chi connectivity index (χ1n) is 8.51. The van der Waals surface area contributed by atoms with Crippen LogP contribution in [0.3, 0.4) is 0 Å². The Balaban J connectivity index is 2.70. The quantitative estimate of drug-likeness (QED) is 0.736. The second-order valence-corrected chi connectivity index (χ2v) is 9.21. The van der Waals surface area contributed by atoms with Gasteiger partial charge in [0, 0.05) is 50.2 Å². The van der Waals surface area contributed by atoms with Gasteiger partial charge in [-0.15, -0.1) is 0 Å². The molecular weight excluding hydrogens is 331 g/mol. The van der Waals surface area contributed by atoms with Gasteiger partial charge in [-0.1, -0.05) is 0 Å². The first-order chi connectivity index (χ1) is 11.7. The molecule has 0 aliphatic rings. The lowest BCUT2D eigenvalue weighted by Crippen LogP contribution is -2.22. The van der Waals surface area contributed by atoms with Crippen LogP contribution in [0.15, 0.2) is 36.4 Å². The summed E-state index contributed by atoms with van der Waals surface area (Å²) in [6.07, 6.45) is 0. The minimum absolute atomic E-state index is 0.397. The molecule has 0 saturated carbocycles. The van der Waals surface area contributed by atoms with Gasteiger partial charge in [-0.25, -0.2) is 0 Å². The minimum atomic E-state index is -3.16. The van der Waals surface area contributed by atoms with E-state index in [1.807, 2.05) is 83.0 Å². The molecule has 0 aliphatic carbocycles. The molecule has 0 spiro atoms. The number of hydrogen-bond acceptors (Lipinski definition) is 4. The molecule has 0 heterocycles. The van der Waals surface area contributed by atoms with Gasteiger partial charge in [-0.2, -0.15) is 0 Å². The average Bonchev–Trinajstić information content (AvgIpc) is 2.53. The lowest BCUT2D eigenvalue weighted by atomic mass is 10.2. The standard InChI is InChI=1S/C20H29N2O2P/c1-8-24-25(23,19-11-15(2)9-17(13-19)21(4)5)20-12-16(3)10-18(14-20)22(6)7/h9-14H,8H2,1-7H3. The molecule has 0 N–H and O–H groups in total. The van der Waals surface area contributed by atoms with Crippen molar-refractivity contribution in [3.8, 4) is 0 Å². The number of hydrogen-bond donors (Lipinski definition) is 0. The van der Waals surface area contributed by atoms with E-state index in [9.17, 15) is 4.57 Å². The summed E-state index contributed by atoms with van der Waals surface area (Å²) in [6, 6.07) is 12.1. The van der Waals surface area contributed by atoms with E-state index in [-0.39, 0.29) is 0 Å². The van der Waals surface area contributed by atoms with Crippen molar-refractivity contribution in [2.75, 3.05) is 44.6 Å². The second kappa shape index (κ2) is 7.63. The Morgan fingerprint density at radius 1 is 0.800 bits per heavy atom. The summed E-state index contributed by atoms with van der Waals surface area (Å²) in [6.45, 7) is 6.33. The summed E-state index contributed by atoms with van der Waals surface area (Å²) in [5.41, 5.74) is 4.19. The SMILES string of the molecule is CCOP(=O)(c1cc(C)cc(N(C)C)c1)c1cc(C)cc(N(C)C)c1. The largest absolute Gasteiger partial charge is 0.378 e. The van der Waals surface area contributed by atoms with Gasteiger partial charge < -0.3 is 14.3 Å². The lowest BCUT2D eigenvalue weighted by molar-refractivity contribution is 0.348. The van der Waals surface area contributed by atoms with E-state index in [1.165, 1.54) is 0 Å². The summed E-state index contributed by atoms with van der Waals surface area (Å²) in [5, 5.41) is 1.49. The maximum atomic E-state index is 14.0. The highest BCUT2D eigenvalue weighted by molar-refractivity contribution is 7.74. The van der Waals surface area contributed by atoms with Crippen molar-refractivity contribution >= 4 is 29.4 Å². The molecule has 0 bridgehead atoms. The highest BCUT2D eigenvalue weighted by atomic mass is 31.2. The number of nitrogens with zero attached hydrogens (tertiary/aromatic N) is 2. The number of rotatable bonds is 6. The highest BCUT2D eigenvalue weighted by Gasteiger charge is 2.30. The van der Waals surface area contributed by atoms with Crippen molar-refractivity contribution in [2.24, 2.45) is 0 Å². The first kappa shape index (κ1) is 19.6. The van der Waals surface area contributed by atoms with E-state index >= 15 is 0 Å². The molecule has 2 aromatic rings. The van der Waals surface area contributed by atoms with E-state index in [0.29, 0.717) is 6.61 Å². The maximum absolute atomic E-state index is 14.0. The van der Waals surface area contributed by atoms with Gasteiger partial charge in [0.15, 0.2) is 0 Å². The Labute approximate surface area is 151 Å². The van der Waals surface area contributed by atoms with E-state index in [1.54, 1.807) is 0 Å². The molecule has 0 saturated heterocycles. The van der Waals surface area contributed by atoms with Gasteiger partial charge in [-0.3, -0.25) is 4.57 Å². The molecule has 2 rings (SSSR count). The molecule has 0 unspecified atom stereocenters. The molecule has 0 aliphatic heterocycles. The van der Waals surface area contributed by atoms with Gasteiger partial charge in [-0.05, 0) is 68.3 Å². The monoisotopic (exact) mass is 360 g/mol. The summed E-state index contributed by atoms with van der Waals surface area (Å²) in [5.74, 6) is 0. The Morgan fingerprint density at radius 3 is 1.52 bits per heavy atom. The summed E-state index contributed by atoms with van der Waals surface area (Å²) >= 11 is 0. The predicted octanol–water partition coefficient (Wildman–Crippen LogP) is 3.70. The topological polar surface area (TPSA) is 32.8 Å². The summed E-state index contributed by atoms with van der Waals surface area (Å²) < 4.78 is 19.9. The third-order valence-electron chi connectivity index (χ3n) is 4.12. The van der Waals surface area contributed by atoms with E-state index in [0.717, 1.165) is 33.1 Å². The van der Waals surface area contributed by atoms with Crippen LogP contribution >= 0.6 is 7.37 Å². The lowest BCUT2D eigenvalue weighted by Gasteiger charge is -2.23. The third kappa shape index (κ3) is 4.26. The fraction of sp³-hybridized carbons (Fsp3) is 0.400. The zero-order valence-electron chi connectivity index (χ0n) is 16.3. The zero-order valence-corrected chi connectivity index (χ0v) is 17.2. The van der Waals surface area contributed by atoms with Crippen molar-refractivity contribution in [3.05, 3.63) is 47.5 Å². The molecule has 25 heavy (non-hydrogen) atoms. The Kier molecular flexibility index (Phi) is 5.97. The molecule has 0 atom stereocenters. The van der Waals surface area contributed by atoms with Crippen LogP contribution in [0.4, 0.5) is 11.4 Å². The van der Waals surface area contributed by atoms with Gasteiger partial charge in [0.25, 0.3) is 7.37 Å². The smallest absolute Gasteiger partial charge is 0.261 e. The van der Waals surface area contributed by atoms with Crippen LogP contribution < -0.4 is 20.4 Å². The number of anilines is 2. The van der Waals surface area contributed by atoms with E-state index < -0.39 is 7.37 Å². The first-order valence-corrected chi connectivity index (χ1v) is 10.1. The zero-order chi connectivity index (χ0) is 18.8. The third-order valence-corrected chi connectivity index (χ3v) is 6.62. The molecule has 136 valence electrons. The van der Waals surface area contributed by atoms with Crippen molar-refractivity contribution in [3.63, 3.8) is 0 Å². The van der Waals surface area contributed by atoms with Crippen molar-refractivity contribution < 1.29 is 9.09 Å². The molecule has 5 heteroatoms. The van der Waals surface area contributed by atoms with Gasteiger partial charge in [0.05, 0.1) is 6.61 Å². The molecule has 0 aromatic heterocycles. The van der Waals surface area contributed by atoms with Gasteiger partial charge >= 0.3 is 0 Å². The van der Waals surface area contributed by atoms with Crippen LogP contribution in [0.25, 0.3) is 0 Å². The number of aryl methyl sites for hydroxylation is 2. The molecule has 0 amide bonds. The van der Waals surface area contributed by atoms with E-state index in [4.69, 9.17) is 4.52 Å². The Hall–Kier alpha value is -1.77. The molecule has 0 fully saturated rings. The summed E-state index contributed by atoms with van der Waals surface area (Å²) in [4.78, 5) is 4.04. The number of benzene rings is 2. The van der Waals surface area contributed by atoms with Gasteiger partial charge in [0.2, 0.25) is 0 Å². The van der Waals surface area contributed by atoms with Crippen molar-refractivity contribution in [2.45, 2.75) is 20.8 Å². The second-order valence-electron chi connectivity index (χ2n) is 6.81. The minimum Gasteiger partial charge on any atom is -0.378 e. The Morgan fingerprint density at radius 2 is 1.20 bits per heavy atom. The highest BCUT2D eigenvalue weighted by Crippen LogP contribution is 2.46. The van der Waals surface area contributed by atoms with Crippen molar-refractivity contribution in [1.82, 2.24) is 0 Å². The molecule has 0 radical (unpaired) electrons. The normalized spacial score (nSPS) is 11.5. The molecule has 4 nitrogen and oxygen atoms in total. The van der Waals surface area contributed by atoms with E-state index in [2.05, 4.69) is 12.1 Å². The van der Waals surface area contributed by atoms with Crippen LogP contribution in [0.1, 0.15) is 18.1 Å². The summed E-state index contributed by atoms with van der Waals surface area (Å²) in [7, 11) is 4.78. The van der Waals surface area contributed by atoms with Gasteiger partial charge in [0.1, 0.15) is 0 Å². The average molecular weight is 360 g/mol. The molecule has 2 aromatic carbocycles. The van der Waals surface area contributed by atoms with Crippen LogP contribution in [0.5, 0.6) is 0 Å². The maximum Gasteiger partial charge on any atom is 0.261 e.